The van der Waals surface area contributed by atoms with Crippen molar-refractivity contribution in [2.45, 2.75) is 33.0 Å². The van der Waals surface area contributed by atoms with E-state index in [0.717, 1.165) is 17.8 Å². The van der Waals surface area contributed by atoms with Crippen LogP contribution in [0, 0.1) is 5.82 Å². The number of benzene rings is 1. The Hall–Kier alpha value is -1.68. The van der Waals surface area contributed by atoms with E-state index in [1.54, 1.807) is 12.1 Å². The maximum Gasteiger partial charge on any atom is 0.123 e. The van der Waals surface area contributed by atoms with Crippen molar-refractivity contribution in [2.24, 2.45) is 0 Å². The summed E-state index contributed by atoms with van der Waals surface area (Å²) in [6, 6.07) is 8.80. The largest absolute Gasteiger partial charge is 0.305 e. The van der Waals surface area contributed by atoms with Crippen molar-refractivity contribution in [3.05, 3.63) is 53.6 Å². The predicted octanol–water partition coefficient (Wildman–Crippen LogP) is 2.89. The SMILES string of the molecule is CCn1ccc(C(C)NCc2cccc(F)c2)n1. The van der Waals surface area contributed by atoms with E-state index >= 15 is 0 Å². The molecule has 1 heterocycles. The van der Waals surface area contributed by atoms with Crippen molar-refractivity contribution in [2.75, 3.05) is 0 Å². The second-order valence-electron chi connectivity index (χ2n) is 4.33. The summed E-state index contributed by atoms with van der Waals surface area (Å²) in [6.07, 6.45) is 1.97. The van der Waals surface area contributed by atoms with Crippen LogP contribution in [0.4, 0.5) is 4.39 Å². The van der Waals surface area contributed by atoms with E-state index in [1.807, 2.05) is 23.0 Å². The van der Waals surface area contributed by atoms with Gasteiger partial charge in [-0.3, -0.25) is 4.68 Å². The monoisotopic (exact) mass is 247 g/mol. The van der Waals surface area contributed by atoms with Gasteiger partial charge in [-0.15, -0.1) is 0 Å². The van der Waals surface area contributed by atoms with Gasteiger partial charge in [-0.05, 0) is 37.6 Å². The molecule has 18 heavy (non-hydrogen) atoms. The average molecular weight is 247 g/mol. The molecule has 96 valence electrons. The Kier molecular flexibility index (Phi) is 4.10. The molecule has 0 spiro atoms. The Morgan fingerprint density at radius 3 is 2.89 bits per heavy atom. The molecule has 2 aromatic rings. The fourth-order valence-electron chi connectivity index (χ4n) is 1.81. The molecule has 1 N–H and O–H groups in total. The molecule has 1 aromatic heterocycles. The van der Waals surface area contributed by atoms with E-state index in [9.17, 15) is 4.39 Å². The molecule has 0 aliphatic rings. The standard InChI is InChI=1S/C14H18FN3/c1-3-18-8-7-14(17-18)11(2)16-10-12-5-4-6-13(15)9-12/h4-9,11,16H,3,10H2,1-2H3. The van der Waals surface area contributed by atoms with Crippen LogP contribution >= 0.6 is 0 Å². The van der Waals surface area contributed by atoms with Crippen molar-refractivity contribution in [3.63, 3.8) is 0 Å². The third-order valence-corrected chi connectivity index (χ3v) is 2.93. The maximum absolute atomic E-state index is 13.0. The van der Waals surface area contributed by atoms with Crippen molar-refractivity contribution >= 4 is 0 Å². The van der Waals surface area contributed by atoms with Crippen LogP contribution in [0.1, 0.15) is 31.1 Å². The molecule has 4 heteroatoms. The third kappa shape index (κ3) is 3.17. The first kappa shape index (κ1) is 12.8. The van der Waals surface area contributed by atoms with Gasteiger partial charge < -0.3 is 5.32 Å². The minimum atomic E-state index is -0.197. The van der Waals surface area contributed by atoms with Gasteiger partial charge >= 0.3 is 0 Å². The molecule has 3 nitrogen and oxygen atoms in total. The Balaban J connectivity index is 1.93. The Morgan fingerprint density at radius 2 is 2.22 bits per heavy atom. The maximum atomic E-state index is 13.0. The third-order valence-electron chi connectivity index (χ3n) is 2.93. The Morgan fingerprint density at radius 1 is 1.39 bits per heavy atom. The van der Waals surface area contributed by atoms with Gasteiger partial charge in [0.05, 0.1) is 5.69 Å². The molecule has 1 unspecified atom stereocenters. The second-order valence-corrected chi connectivity index (χ2v) is 4.33. The summed E-state index contributed by atoms with van der Waals surface area (Å²) in [5.41, 5.74) is 1.95. The fraction of sp³-hybridized carbons (Fsp3) is 0.357. The molecule has 0 saturated carbocycles. The molecule has 0 amide bonds. The normalized spacial score (nSPS) is 12.6. The first-order valence-corrected chi connectivity index (χ1v) is 6.20. The van der Waals surface area contributed by atoms with E-state index < -0.39 is 0 Å². The number of hydrogen-bond donors (Lipinski definition) is 1. The van der Waals surface area contributed by atoms with Crippen LogP contribution in [0.25, 0.3) is 0 Å². The zero-order valence-electron chi connectivity index (χ0n) is 10.7. The molecule has 0 saturated heterocycles. The summed E-state index contributed by atoms with van der Waals surface area (Å²) < 4.78 is 14.9. The molecule has 0 aliphatic carbocycles. The highest BCUT2D eigenvalue weighted by molar-refractivity contribution is 5.16. The highest BCUT2D eigenvalue weighted by Crippen LogP contribution is 2.11. The summed E-state index contributed by atoms with van der Waals surface area (Å²) in [7, 11) is 0. The van der Waals surface area contributed by atoms with Gasteiger partial charge in [0, 0.05) is 25.3 Å². The summed E-state index contributed by atoms with van der Waals surface area (Å²) in [5.74, 6) is -0.197. The average Bonchev–Trinajstić information content (AvgIpc) is 2.85. The lowest BCUT2D eigenvalue weighted by atomic mass is 10.2. The van der Waals surface area contributed by atoms with Crippen molar-refractivity contribution in [1.29, 1.82) is 0 Å². The van der Waals surface area contributed by atoms with E-state index in [0.29, 0.717) is 6.54 Å². The fourth-order valence-corrected chi connectivity index (χ4v) is 1.81. The first-order valence-electron chi connectivity index (χ1n) is 6.20. The van der Waals surface area contributed by atoms with Gasteiger partial charge in [-0.1, -0.05) is 12.1 Å². The van der Waals surface area contributed by atoms with E-state index in [2.05, 4.69) is 24.3 Å². The minimum Gasteiger partial charge on any atom is -0.305 e. The van der Waals surface area contributed by atoms with Gasteiger partial charge in [0.25, 0.3) is 0 Å². The number of halogens is 1. The van der Waals surface area contributed by atoms with Crippen LogP contribution in [0.5, 0.6) is 0 Å². The molecule has 2 rings (SSSR count). The van der Waals surface area contributed by atoms with Crippen LogP contribution in [-0.4, -0.2) is 9.78 Å². The number of rotatable bonds is 5. The summed E-state index contributed by atoms with van der Waals surface area (Å²) >= 11 is 0. The molecular weight excluding hydrogens is 229 g/mol. The van der Waals surface area contributed by atoms with E-state index in [-0.39, 0.29) is 11.9 Å². The molecule has 0 bridgehead atoms. The Labute approximate surface area is 107 Å². The minimum absolute atomic E-state index is 0.154. The van der Waals surface area contributed by atoms with Crippen molar-refractivity contribution < 1.29 is 4.39 Å². The topological polar surface area (TPSA) is 29.9 Å². The number of nitrogens with zero attached hydrogens (tertiary/aromatic N) is 2. The van der Waals surface area contributed by atoms with Crippen LogP contribution in [-0.2, 0) is 13.1 Å². The van der Waals surface area contributed by atoms with Gasteiger partial charge in [0.1, 0.15) is 5.82 Å². The number of hydrogen-bond acceptors (Lipinski definition) is 2. The van der Waals surface area contributed by atoms with Gasteiger partial charge in [0.2, 0.25) is 0 Å². The summed E-state index contributed by atoms with van der Waals surface area (Å²) in [4.78, 5) is 0. The summed E-state index contributed by atoms with van der Waals surface area (Å²) in [5, 5.41) is 7.78. The first-order chi connectivity index (χ1) is 8.69. The van der Waals surface area contributed by atoms with Crippen LogP contribution in [0.15, 0.2) is 36.5 Å². The summed E-state index contributed by atoms with van der Waals surface area (Å²) in [6.45, 7) is 5.62. The Bertz CT molecular complexity index is 507. The van der Waals surface area contributed by atoms with Crippen LogP contribution < -0.4 is 5.32 Å². The molecule has 1 atom stereocenters. The molecule has 1 aromatic carbocycles. The van der Waals surface area contributed by atoms with E-state index in [4.69, 9.17) is 0 Å². The quantitative estimate of drug-likeness (QED) is 0.880. The van der Waals surface area contributed by atoms with E-state index in [1.165, 1.54) is 6.07 Å². The number of aryl methyl sites for hydroxylation is 1. The van der Waals surface area contributed by atoms with Crippen molar-refractivity contribution in [1.82, 2.24) is 15.1 Å². The highest BCUT2D eigenvalue weighted by atomic mass is 19.1. The number of aromatic nitrogens is 2. The van der Waals surface area contributed by atoms with Gasteiger partial charge in [-0.2, -0.15) is 5.10 Å². The molecule has 0 aliphatic heterocycles. The highest BCUT2D eigenvalue weighted by Gasteiger charge is 2.08. The lowest BCUT2D eigenvalue weighted by molar-refractivity contribution is 0.540. The van der Waals surface area contributed by atoms with Crippen LogP contribution in [0.2, 0.25) is 0 Å². The van der Waals surface area contributed by atoms with Crippen molar-refractivity contribution in [3.8, 4) is 0 Å². The number of nitrogens with one attached hydrogen (secondary N) is 1. The van der Waals surface area contributed by atoms with Crippen LogP contribution in [0.3, 0.4) is 0 Å². The molecular formula is C14H18FN3. The second kappa shape index (κ2) is 5.78. The zero-order valence-corrected chi connectivity index (χ0v) is 10.7. The zero-order chi connectivity index (χ0) is 13.0. The molecule has 0 radical (unpaired) electrons. The molecule has 0 fully saturated rings. The predicted molar refractivity (Wildman–Crippen MR) is 69.6 cm³/mol. The lowest BCUT2D eigenvalue weighted by Gasteiger charge is -2.11. The van der Waals surface area contributed by atoms with Gasteiger partial charge in [0.15, 0.2) is 0 Å². The lowest BCUT2D eigenvalue weighted by Crippen LogP contribution is -2.18. The van der Waals surface area contributed by atoms with Gasteiger partial charge in [-0.25, -0.2) is 4.39 Å². The smallest absolute Gasteiger partial charge is 0.123 e.